The van der Waals surface area contributed by atoms with Crippen LogP contribution in [0.3, 0.4) is 0 Å². The van der Waals surface area contributed by atoms with Crippen molar-refractivity contribution in [3.05, 3.63) is 48.0 Å². The highest BCUT2D eigenvalue weighted by Crippen LogP contribution is 2.34. The van der Waals surface area contributed by atoms with Crippen LogP contribution in [0.2, 0.25) is 0 Å². The topological polar surface area (TPSA) is 114 Å². The van der Waals surface area contributed by atoms with Crippen molar-refractivity contribution in [2.75, 3.05) is 31.8 Å². The maximum absolute atomic E-state index is 12.9. The zero-order chi connectivity index (χ0) is 25.1. The van der Waals surface area contributed by atoms with Gasteiger partial charge in [-0.05, 0) is 47.9 Å². The number of carbonyl (C=O) groups is 4. The van der Waals surface area contributed by atoms with E-state index in [9.17, 15) is 19.2 Å². The Morgan fingerprint density at radius 2 is 1.69 bits per heavy atom. The Balaban J connectivity index is 1.48. The zero-order valence-electron chi connectivity index (χ0n) is 19.8. The molecule has 2 aliphatic rings. The number of ether oxygens (including phenoxy) is 3. The Bertz CT molecular complexity index is 1150. The minimum atomic E-state index is -1.06. The number of hydrogen-bond acceptors (Lipinski definition) is 7. The number of nitrogens with one attached hydrogen (secondary N) is 1. The summed E-state index contributed by atoms with van der Waals surface area (Å²) >= 11 is 0. The lowest BCUT2D eigenvalue weighted by Gasteiger charge is -2.25. The second-order valence-corrected chi connectivity index (χ2v) is 8.56. The van der Waals surface area contributed by atoms with Gasteiger partial charge < -0.3 is 19.5 Å². The highest BCUT2D eigenvalue weighted by molar-refractivity contribution is 6.53. The number of anilines is 1. The number of methoxy groups -OCH3 is 1. The van der Waals surface area contributed by atoms with Crippen LogP contribution in [0.15, 0.2) is 42.5 Å². The molecule has 5 amide bonds. The normalized spacial score (nSPS) is 16.4. The summed E-state index contributed by atoms with van der Waals surface area (Å²) in [7, 11) is 1.49. The molecule has 1 saturated heterocycles. The highest BCUT2D eigenvalue weighted by atomic mass is 16.5. The van der Waals surface area contributed by atoms with Gasteiger partial charge in [0.2, 0.25) is 5.91 Å². The van der Waals surface area contributed by atoms with Crippen LogP contribution in [0.4, 0.5) is 10.5 Å². The van der Waals surface area contributed by atoms with E-state index in [2.05, 4.69) is 5.32 Å². The van der Waals surface area contributed by atoms with Crippen LogP contribution in [0.5, 0.6) is 17.2 Å². The van der Waals surface area contributed by atoms with Gasteiger partial charge in [0.1, 0.15) is 12.3 Å². The van der Waals surface area contributed by atoms with Gasteiger partial charge in [0.05, 0.1) is 32.1 Å². The molecule has 0 aliphatic carbocycles. The fourth-order valence-corrected chi connectivity index (χ4v) is 3.97. The number of imide groups is 2. The third-order valence-electron chi connectivity index (χ3n) is 5.80. The predicted molar refractivity (Wildman–Crippen MR) is 125 cm³/mol. The Morgan fingerprint density at radius 3 is 2.34 bits per heavy atom. The third-order valence-corrected chi connectivity index (χ3v) is 5.80. The zero-order valence-corrected chi connectivity index (χ0v) is 19.8. The van der Waals surface area contributed by atoms with Crippen molar-refractivity contribution < 1.29 is 33.4 Å². The SMILES string of the molecule is COc1ccc(N2C(=O)C(=O)N(CC(=O)N[C@@H](c3ccc4c(c3)OCCCO4)C(C)C)C2=O)cc1. The average molecular weight is 482 g/mol. The van der Waals surface area contributed by atoms with Crippen LogP contribution in [-0.4, -0.2) is 55.5 Å². The molecule has 0 aromatic heterocycles. The molecular formula is C25H27N3O7. The van der Waals surface area contributed by atoms with Gasteiger partial charge in [0.25, 0.3) is 0 Å². The number of hydrogen-bond donors (Lipinski definition) is 1. The predicted octanol–water partition coefficient (Wildman–Crippen LogP) is 2.67. The molecule has 2 heterocycles. The molecule has 0 unspecified atom stereocenters. The monoisotopic (exact) mass is 481 g/mol. The van der Waals surface area contributed by atoms with Crippen molar-refractivity contribution >= 4 is 29.4 Å². The molecule has 1 fully saturated rings. The molecule has 0 radical (unpaired) electrons. The van der Waals surface area contributed by atoms with E-state index in [-0.39, 0.29) is 11.6 Å². The van der Waals surface area contributed by atoms with Gasteiger partial charge >= 0.3 is 17.8 Å². The van der Waals surface area contributed by atoms with Crippen LogP contribution in [0.1, 0.15) is 31.9 Å². The van der Waals surface area contributed by atoms with Gasteiger partial charge in [0, 0.05) is 6.42 Å². The highest BCUT2D eigenvalue weighted by Gasteiger charge is 2.46. The molecule has 4 rings (SSSR count). The molecule has 35 heavy (non-hydrogen) atoms. The summed E-state index contributed by atoms with van der Waals surface area (Å²) in [6, 6.07) is 10.3. The van der Waals surface area contributed by atoms with Crippen molar-refractivity contribution in [1.82, 2.24) is 10.2 Å². The first-order valence-corrected chi connectivity index (χ1v) is 11.3. The van der Waals surface area contributed by atoms with Gasteiger partial charge in [-0.25, -0.2) is 14.6 Å². The fourth-order valence-electron chi connectivity index (χ4n) is 3.97. The van der Waals surface area contributed by atoms with E-state index in [0.717, 1.165) is 16.9 Å². The van der Waals surface area contributed by atoms with E-state index in [1.165, 1.54) is 19.2 Å². The lowest BCUT2D eigenvalue weighted by Crippen LogP contribution is -2.43. The number of amides is 5. The van der Waals surface area contributed by atoms with Gasteiger partial charge in [-0.15, -0.1) is 0 Å². The van der Waals surface area contributed by atoms with Crippen molar-refractivity contribution in [1.29, 1.82) is 0 Å². The molecule has 2 aromatic rings. The molecule has 1 N–H and O–H groups in total. The largest absolute Gasteiger partial charge is 0.497 e. The van der Waals surface area contributed by atoms with Crippen LogP contribution < -0.4 is 24.4 Å². The van der Waals surface area contributed by atoms with Gasteiger partial charge in [-0.3, -0.25) is 14.4 Å². The molecule has 184 valence electrons. The third kappa shape index (κ3) is 4.91. The molecule has 0 bridgehead atoms. The number of carbonyl (C=O) groups excluding carboxylic acids is 4. The van der Waals surface area contributed by atoms with Gasteiger partial charge in [-0.1, -0.05) is 19.9 Å². The molecule has 0 spiro atoms. The summed E-state index contributed by atoms with van der Waals surface area (Å²) in [5.74, 6) is -0.872. The summed E-state index contributed by atoms with van der Waals surface area (Å²) in [4.78, 5) is 52.2. The van der Waals surface area contributed by atoms with Crippen molar-refractivity contribution in [2.45, 2.75) is 26.3 Å². The number of urea groups is 1. The first-order valence-electron chi connectivity index (χ1n) is 11.3. The number of rotatable bonds is 7. The van der Waals surface area contributed by atoms with Crippen LogP contribution in [0.25, 0.3) is 0 Å². The summed E-state index contributed by atoms with van der Waals surface area (Å²) in [5.41, 5.74) is 1.01. The molecule has 1 atom stereocenters. The van der Waals surface area contributed by atoms with E-state index >= 15 is 0 Å². The smallest absolute Gasteiger partial charge is 0.339 e. The molecule has 0 saturated carbocycles. The Kier molecular flexibility index (Phi) is 6.90. The lowest BCUT2D eigenvalue weighted by atomic mass is 9.95. The van der Waals surface area contributed by atoms with Gasteiger partial charge in [-0.2, -0.15) is 0 Å². The summed E-state index contributed by atoms with van der Waals surface area (Å²) in [6.07, 6.45) is 0.776. The standard InChI is InChI=1S/C25H27N3O7/c1-15(2)22(16-5-10-19-20(13-16)35-12-4-11-34-19)26-21(29)14-27-23(30)24(31)28(25(27)32)17-6-8-18(33-3)9-7-17/h5-10,13,15,22H,4,11-12,14H2,1-3H3,(H,26,29)/t22-/m1/s1. The van der Waals surface area contributed by atoms with Crippen molar-refractivity contribution in [3.8, 4) is 17.2 Å². The van der Waals surface area contributed by atoms with E-state index in [1.54, 1.807) is 18.2 Å². The molecule has 2 aromatic carbocycles. The Labute approximate surface area is 202 Å². The van der Waals surface area contributed by atoms with Crippen LogP contribution in [-0.2, 0) is 14.4 Å². The Morgan fingerprint density at radius 1 is 1.00 bits per heavy atom. The van der Waals surface area contributed by atoms with Crippen LogP contribution in [0, 0.1) is 5.92 Å². The summed E-state index contributed by atoms with van der Waals surface area (Å²) < 4.78 is 16.5. The van der Waals surface area contributed by atoms with E-state index < -0.39 is 36.3 Å². The minimum Gasteiger partial charge on any atom is -0.497 e. The minimum absolute atomic E-state index is 0.00823. The maximum atomic E-state index is 12.9. The van der Waals surface area contributed by atoms with E-state index in [0.29, 0.717) is 35.4 Å². The second-order valence-electron chi connectivity index (χ2n) is 8.56. The van der Waals surface area contributed by atoms with E-state index in [1.807, 2.05) is 26.0 Å². The number of nitrogens with zero attached hydrogens (tertiary/aromatic N) is 2. The summed E-state index contributed by atoms with van der Waals surface area (Å²) in [5, 5.41) is 2.88. The quantitative estimate of drug-likeness (QED) is 0.478. The van der Waals surface area contributed by atoms with Gasteiger partial charge in [0.15, 0.2) is 11.5 Å². The Hall–Kier alpha value is -4.08. The van der Waals surface area contributed by atoms with Crippen molar-refractivity contribution in [2.24, 2.45) is 5.92 Å². The number of fused-ring (bicyclic) bond motifs is 1. The van der Waals surface area contributed by atoms with Crippen molar-refractivity contribution in [3.63, 3.8) is 0 Å². The molecule has 2 aliphatic heterocycles. The van der Waals surface area contributed by atoms with E-state index in [4.69, 9.17) is 14.2 Å². The maximum Gasteiger partial charge on any atom is 0.339 e. The molecule has 10 nitrogen and oxygen atoms in total. The second kappa shape index (κ2) is 10.0. The lowest BCUT2D eigenvalue weighted by molar-refractivity contribution is -0.140. The summed E-state index contributed by atoms with van der Waals surface area (Å²) in [6.45, 7) is 4.40. The molecular weight excluding hydrogens is 454 g/mol. The number of benzene rings is 2. The van der Waals surface area contributed by atoms with Crippen LogP contribution >= 0.6 is 0 Å². The first-order chi connectivity index (χ1) is 16.8. The average Bonchev–Trinajstić information content (AvgIpc) is 3.01. The molecule has 10 heteroatoms. The fraction of sp³-hybridized carbons (Fsp3) is 0.360. The first kappa shape index (κ1) is 24.1.